The summed E-state index contributed by atoms with van der Waals surface area (Å²) in [5.74, 6) is 1.23. The summed E-state index contributed by atoms with van der Waals surface area (Å²) in [4.78, 5) is 17.7. The maximum absolute atomic E-state index is 12.9. The van der Waals surface area contributed by atoms with Crippen molar-refractivity contribution >= 4 is 17.3 Å². The third-order valence-corrected chi connectivity index (χ3v) is 8.20. The maximum Gasteiger partial charge on any atom is 0.338 e. The van der Waals surface area contributed by atoms with E-state index in [-0.39, 0.29) is 11.9 Å². The molecular formula is C32H38N2O3. The molecule has 194 valence electrons. The number of benzene rings is 3. The fourth-order valence-electron chi connectivity index (χ4n) is 6.25. The van der Waals surface area contributed by atoms with Gasteiger partial charge in [-0.25, -0.2) is 4.79 Å². The second kappa shape index (κ2) is 10.1. The summed E-state index contributed by atoms with van der Waals surface area (Å²) < 4.78 is 11.8. The molecule has 2 aliphatic rings. The van der Waals surface area contributed by atoms with Gasteiger partial charge in [-0.3, -0.25) is 0 Å². The van der Waals surface area contributed by atoms with Crippen LogP contribution in [0.1, 0.15) is 79.1 Å². The highest BCUT2D eigenvalue weighted by molar-refractivity contribution is 5.92. The van der Waals surface area contributed by atoms with Crippen LogP contribution in [-0.2, 0) is 4.74 Å². The van der Waals surface area contributed by atoms with Gasteiger partial charge < -0.3 is 19.3 Å². The van der Waals surface area contributed by atoms with Crippen LogP contribution in [0, 0.1) is 6.92 Å². The van der Waals surface area contributed by atoms with Crippen molar-refractivity contribution < 1.29 is 14.3 Å². The zero-order chi connectivity index (χ0) is 26.3. The van der Waals surface area contributed by atoms with Gasteiger partial charge in [0.15, 0.2) is 0 Å². The number of esters is 1. The molecule has 3 aromatic rings. The smallest absolute Gasteiger partial charge is 0.338 e. The van der Waals surface area contributed by atoms with Crippen molar-refractivity contribution in [2.24, 2.45) is 0 Å². The standard InChI is InChI=1S/C32H38N2O3/c1-7-33(8-2)23-15-16-26-30(18-23)37-29-17-20(3)28(34-21(4)13-14-22(34)5)19-27(29)31(26)24-11-9-10-12-25(24)32(35)36-6/h9-12,15-19,21-22,31H,7-8,13-14H2,1-6H3. The molecule has 3 unspecified atom stereocenters. The first-order valence-electron chi connectivity index (χ1n) is 13.5. The first-order valence-corrected chi connectivity index (χ1v) is 13.5. The molecular weight excluding hydrogens is 460 g/mol. The third kappa shape index (κ3) is 4.35. The van der Waals surface area contributed by atoms with Crippen molar-refractivity contribution in [2.75, 3.05) is 30.0 Å². The first-order chi connectivity index (χ1) is 17.9. The van der Waals surface area contributed by atoms with E-state index in [1.54, 1.807) is 0 Å². The average Bonchev–Trinajstić information content (AvgIpc) is 3.24. The van der Waals surface area contributed by atoms with Gasteiger partial charge >= 0.3 is 5.97 Å². The normalized spacial score (nSPS) is 20.2. The predicted molar refractivity (Wildman–Crippen MR) is 151 cm³/mol. The molecule has 3 aromatic carbocycles. The van der Waals surface area contributed by atoms with Crippen LogP contribution < -0.4 is 14.5 Å². The number of ether oxygens (including phenoxy) is 2. The van der Waals surface area contributed by atoms with Gasteiger partial charge in [0.2, 0.25) is 0 Å². The molecule has 1 saturated heterocycles. The summed E-state index contributed by atoms with van der Waals surface area (Å²) in [7, 11) is 1.44. The van der Waals surface area contributed by atoms with Gasteiger partial charge in [0.1, 0.15) is 11.5 Å². The van der Waals surface area contributed by atoms with Crippen molar-refractivity contribution in [3.05, 3.63) is 82.4 Å². The van der Waals surface area contributed by atoms with E-state index in [9.17, 15) is 4.79 Å². The quantitative estimate of drug-likeness (QED) is 0.261. The van der Waals surface area contributed by atoms with Crippen LogP contribution in [0.4, 0.5) is 11.4 Å². The van der Waals surface area contributed by atoms with Crippen LogP contribution in [0.5, 0.6) is 11.5 Å². The van der Waals surface area contributed by atoms with Crippen molar-refractivity contribution in [2.45, 2.75) is 65.5 Å². The van der Waals surface area contributed by atoms with Gasteiger partial charge in [-0.05, 0) is 82.9 Å². The van der Waals surface area contributed by atoms with Crippen LogP contribution >= 0.6 is 0 Å². The van der Waals surface area contributed by atoms with Crippen LogP contribution in [0.2, 0.25) is 0 Å². The summed E-state index contributed by atoms with van der Waals surface area (Å²) in [6.07, 6.45) is 2.39. The van der Waals surface area contributed by atoms with Crippen molar-refractivity contribution in [1.82, 2.24) is 0 Å². The second-order valence-electron chi connectivity index (χ2n) is 10.4. The molecule has 5 heteroatoms. The monoisotopic (exact) mass is 498 g/mol. The molecule has 0 saturated carbocycles. The largest absolute Gasteiger partial charge is 0.465 e. The molecule has 1 fully saturated rings. The second-order valence-corrected chi connectivity index (χ2v) is 10.4. The predicted octanol–water partition coefficient (Wildman–Crippen LogP) is 7.29. The minimum atomic E-state index is -0.320. The van der Waals surface area contributed by atoms with E-state index < -0.39 is 0 Å². The van der Waals surface area contributed by atoms with E-state index in [2.05, 4.69) is 80.8 Å². The zero-order valence-electron chi connectivity index (χ0n) is 22.9. The van der Waals surface area contributed by atoms with Crippen LogP contribution in [-0.4, -0.2) is 38.3 Å². The molecule has 3 atom stereocenters. The van der Waals surface area contributed by atoms with Crippen LogP contribution in [0.15, 0.2) is 54.6 Å². The number of methoxy groups -OCH3 is 1. The van der Waals surface area contributed by atoms with E-state index in [0.29, 0.717) is 17.6 Å². The van der Waals surface area contributed by atoms with Gasteiger partial charge in [0.05, 0.1) is 12.7 Å². The Morgan fingerprint density at radius 3 is 2.30 bits per heavy atom. The molecule has 5 nitrogen and oxygen atoms in total. The van der Waals surface area contributed by atoms with Gasteiger partial charge in [0.25, 0.3) is 0 Å². The zero-order valence-corrected chi connectivity index (χ0v) is 22.9. The Kier molecular flexibility index (Phi) is 6.89. The first kappa shape index (κ1) is 25.2. The van der Waals surface area contributed by atoms with E-state index in [4.69, 9.17) is 9.47 Å². The Hall–Kier alpha value is -3.47. The molecule has 0 bridgehead atoms. The summed E-state index contributed by atoms with van der Waals surface area (Å²) in [5, 5.41) is 0. The number of carbonyl (C=O) groups excluding carboxylic acids is 1. The molecule has 2 aliphatic heterocycles. The molecule has 0 spiro atoms. The minimum absolute atomic E-state index is 0.146. The third-order valence-electron chi connectivity index (χ3n) is 8.20. The number of carbonyl (C=O) groups is 1. The lowest BCUT2D eigenvalue weighted by atomic mass is 9.80. The Bertz CT molecular complexity index is 1300. The Balaban J connectivity index is 1.73. The summed E-state index contributed by atoms with van der Waals surface area (Å²) in [6.45, 7) is 13.0. The molecule has 0 amide bonds. The summed E-state index contributed by atoms with van der Waals surface area (Å²) >= 11 is 0. The number of anilines is 2. The van der Waals surface area contributed by atoms with E-state index in [1.165, 1.54) is 31.2 Å². The Morgan fingerprint density at radius 2 is 1.62 bits per heavy atom. The molecule has 5 rings (SSSR count). The molecule has 2 heterocycles. The lowest BCUT2D eigenvalue weighted by molar-refractivity contribution is 0.0599. The fourth-order valence-corrected chi connectivity index (χ4v) is 6.25. The molecule has 0 N–H and O–H groups in total. The van der Waals surface area contributed by atoms with Crippen molar-refractivity contribution in [1.29, 1.82) is 0 Å². The SMILES string of the molecule is CCN(CC)c1ccc2c(c1)Oc1cc(C)c(N3C(C)CCC3C)cc1C2c1ccccc1C(=O)OC. The van der Waals surface area contributed by atoms with Gasteiger partial charge in [0, 0.05) is 59.7 Å². The molecule has 0 radical (unpaired) electrons. The number of nitrogens with zero attached hydrogens (tertiary/aromatic N) is 2. The van der Waals surface area contributed by atoms with Crippen LogP contribution in [0.3, 0.4) is 0 Å². The lowest BCUT2D eigenvalue weighted by Gasteiger charge is -2.35. The molecule has 0 aliphatic carbocycles. The summed E-state index contributed by atoms with van der Waals surface area (Å²) in [5.41, 5.74) is 7.29. The van der Waals surface area contributed by atoms with E-state index in [1.807, 2.05) is 18.2 Å². The molecule has 37 heavy (non-hydrogen) atoms. The maximum atomic E-state index is 12.9. The average molecular weight is 499 g/mol. The number of aryl methyl sites for hydroxylation is 1. The number of hydrogen-bond donors (Lipinski definition) is 0. The Morgan fingerprint density at radius 1 is 0.946 bits per heavy atom. The fraction of sp³-hybridized carbons (Fsp3) is 0.406. The van der Waals surface area contributed by atoms with Crippen molar-refractivity contribution in [3.63, 3.8) is 0 Å². The van der Waals surface area contributed by atoms with Gasteiger partial charge in [-0.15, -0.1) is 0 Å². The van der Waals surface area contributed by atoms with Gasteiger partial charge in [-0.1, -0.05) is 24.3 Å². The number of hydrogen-bond acceptors (Lipinski definition) is 5. The highest BCUT2D eigenvalue weighted by atomic mass is 16.5. The molecule has 0 aromatic heterocycles. The Labute approximate surface area is 221 Å². The summed E-state index contributed by atoms with van der Waals surface area (Å²) in [6, 6.07) is 19.8. The minimum Gasteiger partial charge on any atom is -0.465 e. The van der Waals surface area contributed by atoms with Crippen molar-refractivity contribution in [3.8, 4) is 11.5 Å². The van der Waals surface area contributed by atoms with E-state index >= 15 is 0 Å². The van der Waals surface area contributed by atoms with E-state index in [0.717, 1.165) is 47.0 Å². The van der Waals surface area contributed by atoms with Gasteiger partial charge in [-0.2, -0.15) is 0 Å². The lowest BCUT2D eigenvalue weighted by Crippen LogP contribution is -2.33. The number of fused-ring (bicyclic) bond motifs is 2. The van der Waals surface area contributed by atoms with Crippen LogP contribution in [0.25, 0.3) is 0 Å². The highest BCUT2D eigenvalue weighted by Crippen LogP contribution is 2.51. The highest BCUT2D eigenvalue weighted by Gasteiger charge is 2.35. The number of rotatable bonds is 6. The topological polar surface area (TPSA) is 42.0 Å².